The third-order valence-electron chi connectivity index (χ3n) is 5.53. The van der Waals surface area contributed by atoms with E-state index in [1.165, 1.54) is 19.1 Å². The molecule has 1 unspecified atom stereocenters. The number of fused-ring (bicyclic) bond motifs is 1. The summed E-state index contributed by atoms with van der Waals surface area (Å²) >= 11 is 0. The van der Waals surface area contributed by atoms with Gasteiger partial charge in [0.05, 0.1) is 31.9 Å². The second-order valence-electron chi connectivity index (χ2n) is 7.40. The van der Waals surface area contributed by atoms with Crippen LogP contribution in [-0.4, -0.2) is 62.5 Å². The molecule has 1 saturated heterocycles. The van der Waals surface area contributed by atoms with Crippen molar-refractivity contribution in [3.8, 4) is 23.0 Å². The Hall–Kier alpha value is -3.72. The highest BCUT2D eigenvalue weighted by molar-refractivity contribution is 6.46. The van der Waals surface area contributed by atoms with Gasteiger partial charge in [-0.25, -0.2) is 0 Å². The molecule has 174 valence electrons. The number of hydrogen-bond donors (Lipinski definition) is 1. The fourth-order valence-corrected chi connectivity index (χ4v) is 3.98. The van der Waals surface area contributed by atoms with Crippen LogP contribution in [0, 0.1) is 0 Å². The number of carbonyl (C=O) groups excluding carboxylic acids is 2. The molecule has 4 rings (SSSR count). The maximum absolute atomic E-state index is 13.1. The molecule has 1 fully saturated rings. The lowest BCUT2D eigenvalue weighted by atomic mass is 9.95. The number of amides is 1. The van der Waals surface area contributed by atoms with Gasteiger partial charge in [0.25, 0.3) is 11.7 Å². The number of ketones is 1. The van der Waals surface area contributed by atoms with Crippen molar-refractivity contribution in [2.24, 2.45) is 0 Å². The second kappa shape index (κ2) is 9.41. The Kier molecular flexibility index (Phi) is 6.41. The molecule has 33 heavy (non-hydrogen) atoms. The predicted molar refractivity (Wildman–Crippen MR) is 118 cm³/mol. The van der Waals surface area contributed by atoms with E-state index in [0.717, 1.165) is 0 Å². The number of methoxy groups -OCH3 is 2. The van der Waals surface area contributed by atoms with Crippen LogP contribution in [0.5, 0.6) is 23.0 Å². The van der Waals surface area contributed by atoms with Crippen LogP contribution in [-0.2, 0) is 14.3 Å². The summed E-state index contributed by atoms with van der Waals surface area (Å²) in [5.74, 6) is 0.186. The summed E-state index contributed by atoms with van der Waals surface area (Å²) in [5.41, 5.74) is 0.904. The molecule has 9 heteroatoms. The first-order valence-electron chi connectivity index (χ1n) is 10.5. The number of nitrogens with zero attached hydrogens (tertiary/aromatic N) is 1. The van der Waals surface area contributed by atoms with Crippen molar-refractivity contribution in [3.05, 3.63) is 53.1 Å². The summed E-state index contributed by atoms with van der Waals surface area (Å²) in [7, 11) is 3.02. The third-order valence-corrected chi connectivity index (χ3v) is 5.53. The highest BCUT2D eigenvalue weighted by Gasteiger charge is 2.46. The van der Waals surface area contributed by atoms with Crippen molar-refractivity contribution in [3.63, 3.8) is 0 Å². The predicted octanol–water partition coefficient (Wildman–Crippen LogP) is 2.89. The lowest BCUT2D eigenvalue weighted by molar-refractivity contribution is -0.140. The number of rotatable bonds is 8. The first-order valence-corrected chi connectivity index (χ1v) is 10.5. The average molecular weight is 455 g/mol. The monoisotopic (exact) mass is 455 g/mol. The SMILES string of the molecule is CCOc1ccc(C2/C(=C(\O)c3ccc4c(c3)OCO4)C(=O)C(=O)N2CCOC)cc1OC. The molecule has 2 aliphatic rings. The van der Waals surface area contributed by atoms with Crippen LogP contribution in [0.2, 0.25) is 0 Å². The van der Waals surface area contributed by atoms with Crippen molar-refractivity contribution in [2.75, 3.05) is 40.8 Å². The van der Waals surface area contributed by atoms with Crippen LogP contribution in [0.1, 0.15) is 24.1 Å². The van der Waals surface area contributed by atoms with Gasteiger partial charge in [-0.15, -0.1) is 0 Å². The Morgan fingerprint density at radius 1 is 1.09 bits per heavy atom. The standard InChI is InChI=1S/C24H25NO8/c1-4-31-16-7-5-14(11-18(16)30-3)21-20(23(27)24(28)25(21)9-10-29-2)22(26)15-6-8-17-19(12-15)33-13-32-17/h5-8,11-12,21,26H,4,9-10,13H2,1-3H3/b22-20+. The van der Waals surface area contributed by atoms with Gasteiger partial charge in [0, 0.05) is 19.2 Å². The topological polar surface area (TPSA) is 104 Å². The molecule has 1 atom stereocenters. The maximum Gasteiger partial charge on any atom is 0.295 e. The molecule has 1 amide bonds. The first kappa shape index (κ1) is 22.5. The van der Waals surface area contributed by atoms with Crippen molar-refractivity contribution in [2.45, 2.75) is 13.0 Å². The zero-order valence-electron chi connectivity index (χ0n) is 18.6. The zero-order valence-corrected chi connectivity index (χ0v) is 18.6. The minimum absolute atomic E-state index is 0.0267. The Morgan fingerprint density at radius 3 is 2.61 bits per heavy atom. The molecule has 2 aromatic carbocycles. The molecule has 0 aromatic heterocycles. The lowest BCUT2D eigenvalue weighted by Gasteiger charge is -2.25. The quantitative estimate of drug-likeness (QED) is 0.368. The van der Waals surface area contributed by atoms with Crippen molar-refractivity contribution in [1.82, 2.24) is 4.90 Å². The highest BCUT2D eigenvalue weighted by atomic mass is 16.7. The molecular weight excluding hydrogens is 430 g/mol. The first-order chi connectivity index (χ1) is 16.0. The van der Waals surface area contributed by atoms with E-state index in [4.69, 9.17) is 23.7 Å². The molecule has 0 bridgehead atoms. The summed E-state index contributed by atoms with van der Waals surface area (Å²) < 4.78 is 26.9. The molecule has 2 aliphatic heterocycles. The van der Waals surface area contributed by atoms with E-state index in [0.29, 0.717) is 40.7 Å². The molecule has 0 spiro atoms. The van der Waals surface area contributed by atoms with E-state index in [-0.39, 0.29) is 31.3 Å². The smallest absolute Gasteiger partial charge is 0.295 e. The van der Waals surface area contributed by atoms with E-state index >= 15 is 0 Å². The van der Waals surface area contributed by atoms with E-state index < -0.39 is 17.7 Å². The fourth-order valence-electron chi connectivity index (χ4n) is 3.98. The van der Waals surface area contributed by atoms with E-state index in [1.54, 1.807) is 36.4 Å². The average Bonchev–Trinajstić information content (AvgIpc) is 3.40. The Balaban J connectivity index is 1.84. The van der Waals surface area contributed by atoms with Gasteiger partial charge in [0.15, 0.2) is 23.0 Å². The number of Topliss-reactive ketones (excluding diaryl/α,β-unsaturated/α-hetero) is 1. The summed E-state index contributed by atoms with van der Waals surface area (Å²) in [4.78, 5) is 27.4. The van der Waals surface area contributed by atoms with Crippen molar-refractivity contribution >= 4 is 17.4 Å². The normalized spacial score (nSPS) is 18.6. The molecule has 9 nitrogen and oxygen atoms in total. The zero-order chi connectivity index (χ0) is 23.5. The molecule has 2 heterocycles. The van der Waals surface area contributed by atoms with Gasteiger partial charge in [0.1, 0.15) is 5.76 Å². The van der Waals surface area contributed by atoms with Gasteiger partial charge in [-0.1, -0.05) is 6.07 Å². The molecule has 0 radical (unpaired) electrons. The van der Waals surface area contributed by atoms with Crippen LogP contribution in [0.4, 0.5) is 0 Å². The van der Waals surface area contributed by atoms with Gasteiger partial charge < -0.3 is 33.7 Å². The van der Waals surface area contributed by atoms with E-state index in [1.807, 2.05) is 6.92 Å². The van der Waals surface area contributed by atoms with Crippen LogP contribution in [0.3, 0.4) is 0 Å². The number of carbonyl (C=O) groups is 2. The number of aliphatic hydroxyl groups excluding tert-OH is 1. The molecular formula is C24H25NO8. The molecule has 0 saturated carbocycles. The molecule has 2 aromatic rings. The van der Waals surface area contributed by atoms with Crippen LogP contribution in [0.15, 0.2) is 42.0 Å². The minimum Gasteiger partial charge on any atom is -0.507 e. The van der Waals surface area contributed by atoms with Crippen LogP contribution >= 0.6 is 0 Å². The largest absolute Gasteiger partial charge is 0.507 e. The number of aliphatic hydroxyl groups is 1. The second-order valence-corrected chi connectivity index (χ2v) is 7.40. The van der Waals surface area contributed by atoms with Crippen molar-refractivity contribution < 1.29 is 38.4 Å². The number of hydrogen-bond acceptors (Lipinski definition) is 8. The summed E-state index contributed by atoms with van der Waals surface area (Å²) in [6.07, 6.45) is 0. The van der Waals surface area contributed by atoms with Gasteiger partial charge in [-0.3, -0.25) is 9.59 Å². The van der Waals surface area contributed by atoms with E-state index in [9.17, 15) is 14.7 Å². The Bertz CT molecular complexity index is 1110. The highest BCUT2D eigenvalue weighted by Crippen LogP contribution is 2.43. The van der Waals surface area contributed by atoms with Gasteiger partial charge >= 0.3 is 0 Å². The number of benzene rings is 2. The Morgan fingerprint density at radius 2 is 1.88 bits per heavy atom. The number of likely N-dealkylation sites (tertiary alicyclic amines) is 1. The Labute approximate surface area is 191 Å². The summed E-state index contributed by atoms with van der Waals surface area (Å²) in [5, 5.41) is 11.2. The minimum atomic E-state index is -0.838. The summed E-state index contributed by atoms with van der Waals surface area (Å²) in [6, 6.07) is 9.17. The van der Waals surface area contributed by atoms with Crippen LogP contribution < -0.4 is 18.9 Å². The van der Waals surface area contributed by atoms with Gasteiger partial charge in [-0.05, 0) is 42.8 Å². The van der Waals surface area contributed by atoms with Gasteiger partial charge in [0.2, 0.25) is 6.79 Å². The lowest BCUT2D eigenvalue weighted by Crippen LogP contribution is -2.32. The molecule has 0 aliphatic carbocycles. The fraction of sp³-hybridized carbons (Fsp3) is 0.333. The van der Waals surface area contributed by atoms with Crippen LogP contribution in [0.25, 0.3) is 5.76 Å². The molecule has 1 N–H and O–H groups in total. The van der Waals surface area contributed by atoms with Gasteiger partial charge in [-0.2, -0.15) is 0 Å². The number of ether oxygens (including phenoxy) is 5. The summed E-state index contributed by atoms with van der Waals surface area (Å²) in [6.45, 7) is 2.78. The van der Waals surface area contributed by atoms with Crippen molar-refractivity contribution in [1.29, 1.82) is 0 Å². The maximum atomic E-state index is 13.1. The third kappa shape index (κ3) is 4.07. The van der Waals surface area contributed by atoms with E-state index in [2.05, 4.69) is 0 Å².